The number of unbranched alkanes of at least 4 members (excludes halogenated alkanes) is 2. The minimum atomic E-state index is -0.414. The minimum Gasteiger partial charge on any atom is -0.493 e. The monoisotopic (exact) mass is 358 g/mol. The zero-order valence-corrected chi connectivity index (χ0v) is 16.3. The van der Waals surface area contributed by atoms with E-state index in [0.29, 0.717) is 6.42 Å². The molecule has 3 aliphatic rings. The maximum atomic E-state index is 10.2. The normalized spacial score (nSPS) is 34.6. The zero-order valence-electron chi connectivity index (χ0n) is 16.3. The molecule has 4 atom stereocenters. The summed E-state index contributed by atoms with van der Waals surface area (Å²) in [6, 6.07) is 4.30. The molecular weight excluding hydrogens is 326 g/mol. The van der Waals surface area contributed by atoms with Crippen molar-refractivity contribution in [1.82, 2.24) is 0 Å². The van der Waals surface area contributed by atoms with Gasteiger partial charge in [-0.15, -0.1) is 0 Å². The molecule has 1 aromatic carbocycles. The topological polar surface area (TPSA) is 38.7 Å². The van der Waals surface area contributed by atoms with Crippen molar-refractivity contribution in [1.29, 1.82) is 0 Å². The zero-order chi connectivity index (χ0) is 18.4. The first kappa shape index (κ1) is 17.9. The SMILES string of the molecule is CCCCC[N+]1(C)CCC23C=CC(O)CC2Oc2c(OC)ccc(c23)C1. The van der Waals surface area contributed by atoms with Gasteiger partial charge in [0.05, 0.1) is 38.8 Å². The van der Waals surface area contributed by atoms with Gasteiger partial charge in [0.15, 0.2) is 11.5 Å². The van der Waals surface area contributed by atoms with Crippen molar-refractivity contribution in [2.24, 2.45) is 0 Å². The Bertz CT molecular complexity index is 716. The van der Waals surface area contributed by atoms with E-state index in [2.05, 4.69) is 32.2 Å². The fourth-order valence-electron chi connectivity index (χ4n) is 5.21. The van der Waals surface area contributed by atoms with E-state index in [0.717, 1.165) is 35.5 Å². The summed E-state index contributed by atoms with van der Waals surface area (Å²) in [6.45, 7) is 5.68. The average Bonchev–Trinajstić information content (AvgIpc) is 2.89. The van der Waals surface area contributed by atoms with Crippen LogP contribution >= 0.6 is 0 Å². The van der Waals surface area contributed by atoms with Gasteiger partial charge in [0, 0.05) is 24.0 Å². The molecule has 0 aromatic heterocycles. The van der Waals surface area contributed by atoms with E-state index in [9.17, 15) is 5.11 Å². The number of quaternary nitrogens is 1. The number of methoxy groups -OCH3 is 1. The van der Waals surface area contributed by atoms with Gasteiger partial charge in [-0.3, -0.25) is 0 Å². The van der Waals surface area contributed by atoms with Gasteiger partial charge in [-0.25, -0.2) is 0 Å². The highest BCUT2D eigenvalue weighted by molar-refractivity contribution is 5.60. The Kier molecular flexibility index (Phi) is 4.52. The number of hydrogen-bond donors (Lipinski definition) is 1. The lowest BCUT2D eigenvalue weighted by atomic mass is 9.69. The molecule has 2 aliphatic heterocycles. The second kappa shape index (κ2) is 6.58. The Hall–Kier alpha value is -1.52. The van der Waals surface area contributed by atoms with Gasteiger partial charge in [0.25, 0.3) is 0 Å². The lowest BCUT2D eigenvalue weighted by molar-refractivity contribution is -0.922. The second-order valence-electron chi connectivity index (χ2n) is 8.62. The van der Waals surface area contributed by atoms with E-state index in [1.165, 1.54) is 36.9 Å². The van der Waals surface area contributed by atoms with Crippen LogP contribution < -0.4 is 9.47 Å². The van der Waals surface area contributed by atoms with Crippen LogP contribution in [-0.4, -0.2) is 49.0 Å². The molecule has 1 N–H and O–H groups in total. The molecule has 4 nitrogen and oxygen atoms in total. The third kappa shape index (κ3) is 2.74. The molecule has 4 rings (SSSR count). The predicted octanol–water partition coefficient (Wildman–Crippen LogP) is 3.56. The number of rotatable bonds is 5. The third-order valence-electron chi connectivity index (χ3n) is 6.72. The summed E-state index contributed by atoms with van der Waals surface area (Å²) in [4.78, 5) is 0. The van der Waals surface area contributed by atoms with Gasteiger partial charge in [-0.1, -0.05) is 25.5 Å². The molecule has 0 amide bonds. The van der Waals surface area contributed by atoms with Crippen molar-refractivity contribution in [2.45, 2.75) is 63.2 Å². The predicted molar refractivity (Wildman–Crippen MR) is 103 cm³/mol. The van der Waals surface area contributed by atoms with E-state index in [4.69, 9.17) is 9.47 Å². The maximum Gasteiger partial charge on any atom is 0.166 e. The Morgan fingerprint density at radius 2 is 2.19 bits per heavy atom. The van der Waals surface area contributed by atoms with Crippen molar-refractivity contribution >= 4 is 0 Å². The van der Waals surface area contributed by atoms with Crippen molar-refractivity contribution < 1.29 is 19.1 Å². The quantitative estimate of drug-likeness (QED) is 0.497. The van der Waals surface area contributed by atoms with Gasteiger partial charge in [-0.2, -0.15) is 0 Å². The van der Waals surface area contributed by atoms with Crippen LogP contribution in [0.15, 0.2) is 24.3 Å². The Morgan fingerprint density at radius 1 is 1.35 bits per heavy atom. The molecule has 2 heterocycles. The first-order valence-electron chi connectivity index (χ1n) is 10.1. The standard InChI is InChI=1S/C22H32NO3/c1-4-5-6-12-23(2)13-11-22-10-9-17(24)14-19(22)26-21-18(25-3)8-7-16(15-23)20(21)22/h7-10,17,19,24H,4-6,11-15H2,1-3H3/q+1. The second-order valence-corrected chi connectivity index (χ2v) is 8.62. The van der Waals surface area contributed by atoms with Crippen molar-refractivity contribution in [2.75, 3.05) is 27.2 Å². The fraction of sp³-hybridized carbons (Fsp3) is 0.636. The Balaban J connectivity index is 1.78. The van der Waals surface area contributed by atoms with Crippen molar-refractivity contribution in [3.05, 3.63) is 35.4 Å². The van der Waals surface area contributed by atoms with Crippen LogP contribution in [0.3, 0.4) is 0 Å². The lowest BCUT2D eigenvalue weighted by Crippen LogP contribution is -2.47. The summed E-state index contributed by atoms with van der Waals surface area (Å²) in [5.74, 6) is 1.73. The summed E-state index contributed by atoms with van der Waals surface area (Å²) in [5.41, 5.74) is 2.60. The van der Waals surface area contributed by atoms with Crippen LogP contribution in [0.2, 0.25) is 0 Å². The number of hydrogen-bond acceptors (Lipinski definition) is 3. The van der Waals surface area contributed by atoms with E-state index in [1.807, 2.05) is 6.08 Å². The molecule has 0 fully saturated rings. The van der Waals surface area contributed by atoms with Crippen LogP contribution in [-0.2, 0) is 12.0 Å². The minimum absolute atomic E-state index is 0.00902. The molecule has 0 radical (unpaired) electrons. The van der Waals surface area contributed by atoms with Crippen molar-refractivity contribution in [3.63, 3.8) is 0 Å². The summed E-state index contributed by atoms with van der Waals surface area (Å²) in [7, 11) is 4.11. The van der Waals surface area contributed by atoms with Crippen LogP contribution in [0.25, 0.3) is 0 Å². The van der Waals surface area contributed by atoms with Gasteiger partial charge in [0.2, 0.25) is 0 Å². The molecule has 0 bridgehead atoms. The highest BCUT2D eigenvalue weighted by Gasteiger charge is 2.54. The Labute approximate surface area is 157 Å². The fourth-order valence-corrected chi connectivity index (χ4v) is 5.21. The van der Waals surface area contributed by atoms with Gasteiger partial charge in [-0.05, 0) is 25.0 Å². The summed E-state index contributed by atoms with van der Waals surface area (Å²) < 4.78 is 13.1. The average molecular weight is 359 g/mol. The maximum absolute atomic E-state index is 10.2. The molecule has 1 aliphatic carbocycles. The Morgan fingerprint density at radius 3 is 2.96 bits per heavy atom. The van der Waals surface area contributed by atoms with Gasteiger partial charge in [0.1, 0.15) is 12.6 Å². The van der Waals surface area contributed by atoms with E-state index in [1.54, 1.807) is 7.11 Å². The summed E-state index contributed by atoms with van der Waals surface area (Å²) >= 11 is 0. The highest BCUT2D eigenvalue weighted by atomic mass is 16.5. The molecular formula is C22H32NO3+. The summed E-state index contributed by atoms with van der Waals surface area (Å²) in [6.07, 6.45) is 9.39. The van der Waals surface area contributed by atoms with Gasteiger partial charge < -0.3 is 19.1 Å². The molecule has 26 heavy (non-hydrogen) atoms. The largest absolute Gasteiger partial charge is 0.493 e. The van der Waals surface area contributed by atoms with Gasteiger partial charge >= 0.3 is 0 Å². The molecule has 4 heteroatoms. The molecule has 142 valence electrons. The molecule has 1 aromatic rings. The first-order chi connectivity index (χ1) is 12.5. The lowest BCUT2D eigenvalue weighted by Gasteiger charge is -2.37. The van der Waals surface area contributed by atoms with E-state index < -0.39 is 6.10 Å². The van der Waals surface area contributed by atoms with Crippen LogP contribution in [0, 0.1) is 0 Å². The van der Waals surface area contributed by atoms with Crippen LogP contribution in [0.4, 0.5) is 0 Å². The number of aliphatic hydroxyl groups is 1. The van der Waals surface area contributed by atoms with E-state index in [-0.39, 0.29) is 11.5 Å². The molecule has 0 saturated carbocycles. The van der Waals surface area contributed by atoms with E-state index >= 15 is 0 Å². The molecule has 0 saturated heterocycles. The smallest absolute Gasteiger partial charge is 0.166 e. The number of benzene rings is 1. The van der Waals surface area contributed by atoms with Crippen LogP contribution in [0.5, 0.6) is 11.5 Å². The molecule has 1 spiro atoms. The number of nitrogens with zero attached hydrogens (tertiary/aromatic N) is 1. The number of ether oxygens (including phenoxy) is 2. The van der Waals surface area contributed by atoms with Crippen LogP contribution in [0.1, 0.15) is 50.2 Å². The first-order valence-corrected chi connectivity index (χ1v) is 10.1. The highest BCUT2D eigenvalue weighted by Crippen LogP contribution is 2.56. The number of aliphatic hydroxyl groups excluding tert-OH is 1. The summed E-state index contributed by atoms with van der Waals surface area (Å²) in [5, 5.41) is 10.2. The van der Waals surface area contributed by atoms with Crippen molar-refractivity contribution in [3.8, 4) is 11.5 Å². The third-order valence-corrected chi connectivity index (χ3v) is 6.72. The molecule has 4 unspecified atom stereocenters.